The number of halogens is 1. The van der Waals surface area contributed by atoms with Gasteiger partial charge in [-0.2, -0.15) is 0 Å². The smallest absolute Gasteiger partial charge is 0.269 e. The first kappa shape index (κ1) is 15.0. The largest absolute Gasteiger partial charge is 0.381 e. The van der Waals surface area contributed by atoms with Crippen molar-refractivity contribution in [3.8, 4) is 0 Å². The minimum absolute atomic E-state index is 0.0922. The molecule has 1 amide bonds. The third kappa shape index (κ3) is 3.00. The Labute approximate surface area is 132 Å². The van der Waals surface area contributed by atoms with Crippen LogP contribution in [0.5, 0.6) is 0 Å². The number of nitrogens with zero attached hydrogens (tertiary/aromatic N) is 1. The van der Waals surface area contributed by atoms with Gasteiger partial charge in [-0.25, -0.2) is 12.7 Å². The van der Waals surface area contributed by atoms with Crippen molar-refractivity contribution in [3.63, 3.8) is 0 Å². The summed E-state index contributed by atoms with van der Waals surface area (Å²) in [5.41, 5.74) is 0.239. The lowest BCUT2D eigenvalue weighted by molar-refractivity contribution is 0.0842. The summed E-state index contributed by atoms with van der Waals surface area (Å²) in [4.78, 5) is 12.3. The van der Waals surface area contributed by atoms with Crippen LogP contribution < -0.4 is 0 Å². The second-order valence-electron chi connectivity index (χ2n) is 5.39. The van der Waals surface area contributed by atoms with Gasteiger partial charge >= 0.3 is 0 Å². The molecule has 1 aliphatic carbocycles. The van der Waals surface area contributed by atoms with Crippen LogP contribution in [0.2, 0.25) is 0 Å². The molecule has 2 aliphatic rings. The average molecular weight is 374 g/mol. The maximum absolute atomic E-state index is 12.3. The van der Waals surface area contributed by atoms with Crippen molar-refractivity contribution in [2.75, 3.05) is 19.8 Å². The summed E-state index contributed by atoms with van der Waals surface area (Å²) in [5, 5.41) is 0. The summed E-state index contributed by atoms with van der Waals surface area (Å²) in [6, 6.07) is 4.65. The number of amides is 1. The van der Waals surface area contributed by atoms with Crippen LogP contribution in [0.4, 0.5) is 0 Å². The predicted molar refractivity (Wildman–Crippen MR) is 80.5 cm³/mol. The molecule has 1 aromatic carbocycles. The number of ether oxygens (including phenoxy) is 1. The van der Waals surface area contributed by atoms with Gasteiger partial charge in [0.15, 0.2) is 0 Å². The fourth-order valence-corrected chi connectivity index (χ4v) is 4.27. The molecule has 0 spiro atoms. The van der Waals surface area contributed by atoms with Crippen LogP contribution in [0, 0.1) is 5.92 Å². The molecule has 0 N–H and O–H groups in total. The average Bonchev–Trinajstić information content (AvgIpc) is 3.22. The van der Waals surface area contributed by atoms with Crippen molar-refractivity contribution in [2.45, 2.75) is 24.2 Å². The zero-order chi connectivity index (χ0) is 15.0. The molecule has 1 heterocycles. The van der Waals surface area contributed by atoms with E-state index in [2.05, 4.69) is 15.9 Å². The van der Waals surface area contributed by atoms with Gasteiger partial charge in [-0.05, 0) is 43.4 Å². The van der Waals surface area contributed by atoms with Crippen LogP contribution in [0.15, 0.2) is 27.6 Å². The van der Waals surface area contributed by atoms with Gasteiger partial charge in [0, 0.05) is 24.2 Å². The number of fused-ring (bicyclic) bond motifs is 1. The topological polar surface area (TPSA) is 63.7 Å². The SMILES string of the molecule is O=C1c2cc(Br)ccc2S(=O)(=O)N1CCCOCC1CC1. The summed E-state index contributed by atoms with van der Waals surface area (Å²) in [7, 11) is -3.70. The van der Waals surface area contributed by atoms with Gasteiger partial charge in [0.05, 0.1) is 5.56 Å². The second-order valence-corrected chi connectivity index (χ2v) is 8.14. The summed E-state index contributed by atoms with van der Waals surface area (Å²) >= 11 is 3.26. The lowest BCUT2D eigenvalue weighted by atomic mass is 10.2. The van der Waals surface area contributed by atoms with Crippen molar-refractivity contribution in [2.24, 2.45) is 5.92 Å². The van der Waals surface area contributed by atoms with Gasteiger partial charge in [0.2, 0.25) is 0 Å². The molecule has 0 aromatic heterocycles. The molecule has 1 saturated carbocycles. The van der Waals surface area contributed by atoms with Crippen LogP contribution in [0.25, 0.3) is 0 Å². The lowest BCUT2D eigenvalue weighted by Crippen LogP contribution is -2.31. The van der Waals surface area contributed by atoms with Gasteiger partial charge in [0.25, 0.3) is 15.9 Å². The van der Waals surface area contributed by atoms with Crippen LogP contribution in [-0.2, 0) is 14.8 Å². The maximum Gasteiger partial charge on any atom is 0.269 e. The van der Waals surface area contributed by atoms with Crippen LogP contribution in [0.3, 0.4) is 0 Å². The number of sulfonamides is 1. The maximum atomic E-state index is 12.3. The lowest BCUT2D eigenvalue weighted by Gasteiger charge is -2.14. The Hall–Kier alpha value is -0.920. The van der Waals surface area contributed by atoms with E-state index in [4.69, 9.17) is 4.74 Å². The van der Waals surface area contributed by atoms with E-state index in [0.29, 0.717) is 23.4 Å². The Kier molecular flexibility index (Phi) is 4.07. The number of carbonyl (C=O) groups is 1. The third-order valence-corrected chi connectivity index (χ3v) is 6.00. The highest BCUT2D eigenvalue weighted by atomic mass is 79.9. The number of rotatable bonds is 6. The molecule has 7 heteroatoms. The molecule has 1 fully saturated rings. The van der Waals surface area contributed by atoms with Gasteiger partial charge in [-0.1, -0.05) is 15.9 Å². The molecule has 0 unspecified atom stereocenters. The number of hydrogen-bond donors (Lipinski definition) is 0. The summed E-state index contributed by atoms with van der Waals surface area (Å²) in [6.07, 6.45) is 2.97. The molecule has 0 bridgehead atoms. The highest BCUT2D eigenvalue weighted by Gasteiger charge is 2.40. The van der Waals surface area contributed by atoms with E-state index >= 15 is 0 Å². The van der Waals surface area contributed by atoms with E-state index in [1.165, 1.54) is 18.9 Å². The number of carbonyl (C=O) groups excluding carboxylic acids is 1. The zero-order valence-electron chi connectivity index (χ0n) is 11.4. The fourth-order valence-electron chi connectivity index (χ4n) is 2.32. The van der Waals surface area contributed by atoms with Crippen molar-refractivity contribution in [3.05, 3.63) is 28.2 Å². The molecule has 1 aromatic rings. The first-order valence-electron chi connectivity index (χ1n) is 6.94. The van der Waals surface area contributed by atoms with Crippen LogP contribution >= 0.6 is 15.9 Å². The van der Waals surface area contributed by atoms with E-state index in [-0.39, 0.29) is 17.0 Å². The zero-order valence-corrected chi connectivity index (χ0v) is 13.8. The van der Waals surface area contributed by atoms with Gasteiger partial charge < -0.3 is 4.74 Å². The molecule has 0 atom stereocenters. The molecule has 0 saturated heterocycles. The van der Waals surface area contributed by atoms with E-state index in [1.807, 2.05) is 0 Å². The van der Waals surface area contributed by atoms with Crippen molar-refractivity contribution >= 4 is 31.9 Å². The van der Waals surface area contributed by atoms with Gasteiger partial charge in [-0.15, -0.1) is 0 Å². The standard InChI is InChI=1S/C14H16BrNO4S/c15-11-4-5-13-12(8-11)14(17)16(21(13,18)19)6-1-7-20-9-10-2-3-10/h4-5,8,10H,1-3,6-7,9H2. The molecular formula is C14H16BrNO4S. The molecule has 3 rings (SSSR count). The van der Waals surface area contributed by atoms with Gasteiger partial charge in [0.1, 0.15) is 4.90 Å². The molecular weight excluding hydrogens is 358 g/mol. The Morgan fingerprint density at radius 2 is 2.10 bits per heavy atom. The summed E-state index contributed by atoms with van der Waals surface area (Å²) in [5.74, 6) is 0.234. The first-order valence-corrected chi connectivity index (χ1v) is 9.18. The number of benzene rings is 1. The highest BCUT2D eigenvalue weighted by Crippen LogP contribution is 2.32. The van der Waals surface area contributed by atoms with Crippen molar-refractivity contribution in [1.82, 2.24) is 4.31 Å². The Morgan fingerprint density at radius 1 is 1.33 bits per heavy atom. The van der Waals surface area contributed by atoms with Crippen LogP contribution in [0.1, 0.15) is 29.6 Å². The number of hydrogen-bond acceptors (Lipinski definition) is 4. The summed E-state index contributed by atoms with van der Waals surface area (Å²) < 4.78 is 31.8. The minimum Gasteiger partial charge on any atom is -0.381 e. The predicted octanol–water partition coefficient (Wildman–Crippen LogP) is 2.41. The van der Waals surface area contributed by atoms with Crippen LogP contribution in [-0.4, -0.2) is 38.4 Å². The van der Waals surface area contributed by atoms with E-state index in [9.17, 15) is 13.2 Å². The van der Waals surface area contributed by atoms with Crippen molar-refractivity contribution in [1.29, 1.82) is 0 Å². The Morgan fingerprint density at radius 3 is 2.81 bits per heavy atom. The molecule has 5 nitrogen and oxygen atoms in total. The van der Waals surface area contributed by atoms with Gasteiger partial charge in [-0.3, -0.25) is 4.79 Å². The highest BCUT2D eigenvalue weighted by molar-refractivity contribution is 9.10. The summed E-state index contributed by atoms with van der Waals surface area (Å²) in [6.45, 7) is 1.39. The fraction of sp³-hybridized carbons (Fsp3) is 0.500. The third-order valence-electron chi connectivity index (χ3n) is 3.67. The molecule has 0 radical (unpaired) electrons. The van der Waals surface area contributed by atoms with Crippen molar-refractivity contribution < 1.29 is 17.9 Å². The molecule has 1 aliphatic heterocycles. The second kappa shape index (κ2) is 5.70. The first-order chi connectivity index (χ1) is 10.00. The van der Waals surface area contributed by atoms with E-state index in [1.54, 1.807) is 12.1 Å². The molecule has 21 heavy (non-hydrogen) atoms. The monoisotopic (exact) mass is 373 g/mol. The van der Waals surface area contributed by atoms with E-state index < -0.39 is 15.9 Å². The minimum atomic E-state index is -3.70. The Bertz CT molecular complexity index is 670. The normalized spacial score (nSPS) is 19.9. The Balaban J connectivity index is 1.64. The molecule has 114 valence electrons. The quantitative estimate of drug-likeness (QED) is 0.718. The van der Waals surface area contributed by atoms with E-state index in [0.717, 1.165) is 10.9 Å².